The van der Waals surface area contributed by atoms with Gasteiger partial charge in [-0.2, -0.15) is 18.2 Å². The van der Waals surface area contributed by atoms with Crippen LogP contribution in [0.5, 0.6) is 0 Å². The maximum atomic E-state index is 12.8. The number of para-hydroxylation sites is 1. The summed E-state index contributed by atoms with van der Waals surface area (Å²) in [4.78, 5) is 15.2. The number of nitrogens with zero attached hydrogens (tertiary/aromatic N) is 2. The van der Waals surface area contributed by atoms with Crippen molar-refractivity contribution in [3.05, 3.63) is 34.6 Å². The van der Waals surface area contributed by atoms with Gasteiger partial charge in [0.2, 0.25) is 11.8 Å². The van der Waals surface area contributed by atoms with Crippen LogP contribution in [0.1, 0.15) is 16.2 Å². The zero-order valence-electron chi connectivity index (χ0n) is 9.62. The average molecular weight is 306 g/mol. The van der Waals surface area contributed by atoms with Gasteiger partial charge in [0.05, 0.1) is 16.3 Å². The molecule has 0 atom stereocenters. The Balaban J connectivity index is 2.36. The summed E-state index contributed by atoms with van der Waals surface area (Å²) in [5.74, 6) is -1.46. The van der Waals surface area contributed by atoms with Gasteiger partial charge in [0.15, 0.2) is 0 Å². The maximum absolute atomic E-state index is 12.8. The maximum Gasteiger partial charge on any atom is 0.418 e. The lowest BCUT2D eigenvalue weighted by Gasteiger charge is -2.14. The van der Waals surface area contributed by atoms with Crippen LogP contribution in [-0.2, 0) is 6.18 Å². The molecule has 106 valence electrons. The molecule has 0 saturated carbocycles. The lowest BCUT2D eigenvalue weighted by molar-refractivity contribution is -0.136. The number of anilines is 2. The standard InChI is InChI=1S/C10H7ClF3N5O/c11-5-3-1-2-4(10(12,13)14)6(5)16-8(20)7-17-9(15)19-18-7/h1-3H,(H,16,20)(H3,15,17,18,19). The minimum Gasteiger partial charge on any atom is -0.366 e. The minimum absolute atomic E-state index is 0.203. The molecule has 1 aromatic carbocycles. The van der Waals surface area contributed by atoms with Gasteiger partial charge in [0.1, 0.15) is 0 Å². The van der Waals surface area contributed by atoms with E-state index in [9.17, 15) is 18.0 Å². The number of nitrogens with two attached hydrogens (primary N) is 1. The molecule has 0 aliphatic carbocycles. The van der Waals surface area contributed by atoms with Crippen molar-refractivity contribution < 1.29 is 18.0 Å². The molecule has 6 nitrogen and oxygen atoms in total. The van der Waals surface area contributed by atoms with E-state index in [1.54, 1.807) is 0 Å². The molecule has 0 unspecified atom stereocenters. The van der Waals surface area contributed by atoms with Gasteiger partial charge in [0, 0.05) is 0 Å². The molecule has 0 radical (unpaired) electrons. The van der Waals surface area contributed by atoms with E-state index in [4.69, 9.17) is 17.3 Å². The van der Waals surface area contributed by atoms with Crippen LogP contribution >= 0.6 is 11.6 Å². The molecule has 1 amide bonds. The van der Waals surface area contributed by atoms with Crippen LogP contribution in [0.25, 0.3) is 0 Å². The zero-order chi connectivity index (χ0) is 14.9. The molecule has 10 heteroatoms. The Kier molecular flexibility index (Phi) is 3.53. The predicted molar refractivity (Wildman–Crippen MR) is 65.2 cm³/mol. The number of carbonyl (C=O) groups is 1. The molecule has 2 rings (SSSR count). The highest BCUT2D eigenvalue weighted by Crippen LogP contribution is 2.38. The quantitative estimate of drug-likeness (QED) is 0.793. The van der Waals surface area contributed by atoms with Crippen molar-refractivity contribution in [2.24, 2.45) is 0 Å². The minimum atomic E-state index is -4.66. The Morgan fingerprint density at radius 3 is 2.65 bits per heavy atom. The Morgan fingerprint density at radius 1 is 1.40 bits per heavy atom. The highest BCUT2D eigenvalue weighted by atomic mass is 35.5. The highest BCUT2D eigenvalue weighted by molar-refractivity contribution is 6.34. The molecule has 1 aromatic heterocycles. The Hall–Kier alpha value is -2.29. The fourth-order valence-corrected chi connectivity index (χ4v) is 1.66. The molecule has 0 bridgehead atoms. The fourth-order valence-electron chi connectivity index (χ4n) is 1.44. The van der Waals surface area contributed by atoms with E-state index in [1.807, 2.05) is 5.32 Å². The van der Waals surface area contributed by atoms with Crippen molar-refractivity contribution in [3.8, 4) is 0 Å². The first-order chi connectivity index (χ1) is 9.29. The first kappa shape index (κ1) is 14.1. The third-order valence-corrected chi connectivity index (χ3v) is 2.59. The summed E-state index contributed by atoms with van der Waals surface area (Å²) in [6, 6.07) is 3.16. The van der Waals surface area contributed by atoms with Gasteiger partial charge in [-0.3, -0.25) is 9.89 Å². The van der Waals surface area contributed by atoms with Crippen LogP contribution < -0.4 is 11.1 Å². The number of nitrogen functional groups attached to an aromatic ring is 1. The van der Waals surface area contributed by atoms with Gasteiger partial charge < -0.3 is 11.1 Å². The summed E-state index contributed by atoms with van der Waals surface area (Å²) in [6.07, 6.45) is -4.66. The second-order valence-corrected chi connectivity index (χ2v) is 4.06. The second-order valence-electron chi connectivity index (χ2n) is 3.66. The lowest BCUT2D eigenvalue weighted by atomic mass is 10.1. The number of alkyl halides is 3. The number of hydrogen-bond donors (Lipinski definition) is 3. The molecule has 0 aliphatic heterocycles. The first-order valence-electron chi connectivity index (χ1n) is 5.14. The average Bonchev–Trinajstić information content (AvgIpc) is 2.77. The fraction of sp³-hybridized carbons (Fsp3) is 0.100. The van der Waals surface area contributed by atoms with Gasteiger partial charge in [-0.25, -0.2) is 0 Å². The number of hydrogen-bond acceptors (Lipinski definition) is 4. The van der Waals surface area contributed by atoms with Gasteiger partial charge in [-0.05, 0) is 12.1 Å². The molecule has 1 heterocycles. The molecule has 0 saturated heterocycles. The van der Waals surface area contributed by atoms with Crippen LogP contribution in [0.4, 0.5) is 24.8 Å². The Labute approximate surface area is 115 Å². The van der Waals surface area contributed by atoms with Crippen LogP contribution in [0, 0.1) is 0 Å². The van der Waals surface area contributed by atoms with Crippen molar-refractivity contribution in [2.45, 2.75) is 6.18 Å². The van der Waals surface area contributed by atoms with Crippen molar-refractivity contribution in [3.63, 3.8) is 0 Å². The summed E-state index contributed by atoms with van der Waals surface area (Å²) in [5, 5.41) is 7.36. The second kappa shape index (κ2) is 5.00. The predicted octanol–water partition coefficient (Wildman–Crippen LogP) is 2.31. The molecule has 0 spiro atoms. The highest BCUT2D eigenvalue weighted by Gasteiger charge is 2.35. The van der Waals surface area contributed by atoms with Crippen molar-refractivity contribution in [1.29, 1.82) is 0 Å². The molecular weight excluding hydrogens is 299 g/mol. The topological polar surface area (TPSA) is 96.7 Å². The monoisotopic (exact) mass is 305 g/mol. The molecular formula is C10H7ClF3N5O. The molecule has 2 aromatic rings. The number of nitrogens with one attached hydrogen (secondary N) is 2. The van der Waals surface area contributed by atoms with Crippen molar-refractivity contribution in [1.82, 2.24) is 15.2 Å². The van der Waals surface area contributed by atoms with E-state index in [2.05, 4.69) is 15.2 Å². The number of rotatable bonds is 2. The van der Waals surface area contributed by atoms with E-state index in [-0.39, 0.29) is 16.8 Å². The van der Waals surface area contributed by atoms with Crippen molar-refractivity contribution in [2.75, 3.05) is 11.1 Å². The number of benzene rings is 1. The Bertz CT molecular complexity index is 655. The largest absolute Gasteiger partial charge is 0.418 e. The number of amides is 1. The van der Waals surface area contributed by atoms with Gasteiger partial charge in [0.25, 0.3) is 5.91 Å². The molecule has 4 N–H and O–H groups in total. The molecule has 0 aliphatic rings. The third-order valence-electron chi connectivity index (χ3n) is 2.28. The summed E-state index contributed by atoms with van der Waals surface area (Å²) < 4.78 is 38.5. The van der Waals surface area contributed by atoms with E-state index < -0.39 is 23.3 Å². The SMILES string of the molecule is Nc1n[nH]c(C(=O)Nc2c(Cl)cccc2C(F)(F)F)n1. The summed E-state index contributed by atoms with van der Waals surface area (Å²) in [7, 11) is 0. The number of aromatic nitrogens is 3. The van der Waals surface area contributed by atoms with E-state index in [0.717, 1.165) is 12.1 Å². The van der Waals surface area contributed by atoms with E-state index >= 15 is 0 Å². The zero-order valence-corrected chi connectivity index (χ0v) is 10.4. The van der Waals surface area contributed by atoms with Crippen LogP contribution in [0.15, 0.2) is 18.2 Å². The number of aromatic amines is 1. The van der Waals surface area contributed by atoms with Crippen LogP contribution in [0.2, 0.25) is 5.02 Å². The lowest BCUT2D eigenvalue weighted by Crippen LogP contribution is -2.18. The number of carbonyl (C=O) groups excluding carboxylic acids is 1. The van der Waals surface area contributed by atoms with Gasteiger partial charge in [-0.1, -0.05) is 17.7 Å². The number of H-pyrrole nitrogens is 1. The first-order valence-corrected chi connectivity index (χ1v) is 5.52. The number of halogens is 4. The van der Waals surface area contributed by atoms with Crippen molar-refractivity contribution >= 4 is 29.1 Å². The Morgan fingerprint density at radius 2 is 2.10 bits per heavy atom. The van der Waals surface area contributed by atoms with Crippen LogP contribution in [0.3, 0.4) is 0 Å². The summed E-state index contributed by atoms with van der Waals surface area (Å²) >= 11 is 5.69. The molecule has 0 fully saturated rings. The normalized spacial score (nSPS) is 11.4. The van der Waals surface area contributed by atoms with Crippen LogP contribution in [-0.4, -0.2) is 21.1 Å². The van der Waals surface area contributed by atoms with E-state index in [1.165, 1.54) is 6.07 Å². The summed E-state index contributed by atoms with van der Waals surface area (Å²) in [5.41, 5.74) is 3.58. The third kappa shape index (κ3) is 2.82. The van der Waals surface area contributed by atoms with Gasteiger partial charge in [-0.15, -0.1) is 5.10 Å². The van der Waals surface area contributed by atoms with Gasteiger partial charge >= 0.3 is 6.18 Å². The molecule has 20 heavy (non-hydrogen) atoms. The smallest absolute Gasteiger partial charge is 0.366 e. The summed E-state index contributed by atoms with van der Waals surface area (Å²) in [6.45, 7) is 0. The van der Waals surface area contributed by atoms with E-state index in [0.29, 0.717) is 0 Å².